The first-order valence-corrected chi connectivity index (χ1v) is 8.96. The van der Waals surface area contributed by atoms with Gasteiger partial charge in [-0.3, -0.25) is 0 Å². The molecule has 0 spiro atoms. The smallest absolute Gasteiger partial charge is 0.133 e. The third-order valence-electron chi connectivity index (χ3n) is 3.18. The lowest BCUT2D eigenvalue weighted by Crippen LogP contribution is -1.95. The number of benzene rings is 1. The SMILES string of the molecule is CCCCCCCC(Br)c1ccc(OCC)c(Br)c1. The molecule has 1 nitrogen and oxygen atoms in total. The van der Waals surface area contributed by atoms with Gasteiger partial charge in [-0.2, -0.15) is 0 Å². The lowest BCUT2D eigenvalue weighted by atomic mass is 10.0. The third-order valence-corrected chi connectivity index (χ3v) is 4.78. The van der Waals surface area contributed by atoms with E-state index in [1.54, 1.807) is 0 Å². The average Bonchev–Trinajstić information content (AvgIpc) is 2.41. The first-order chi connectivity index (χ1) is 9.19. The van der Waals surface area contributed by atoms with Gasteiger partial charge in [0, 0.05) is 4.83 Å². The Morgan fingerprint density at radius 3 is 2.47 bits per heavy atom. The van der Waals surface area contributed by atoms with Gasteiger partial charge in [0.05, 0.1) is 11.1 Å². The molecule has 1 rings (SSSR count). The number of rotatable bonds is 9. The largest absolute Gasteiger partial charge is 0.493 e. The monoisotopic (exact) mass is 390 g/mol. The van der Waals surface area contributed by atoms with E-state index >= 15 is 0 Å². The zero-order valence-electron chi connectivity index (χ0n) is 11.9. The highest BCUT2D eigenvalue weighted by molar-refractivity contribution is 9.10. The van der Waals surface area contributed by atoms with Crippen LogP contribution < -0.4 is 4.74 Å². The quantitative estimate of drug-likeness (QED) is 0.338. The van der Waals surface area contributed by atoms with Crippen LogP contribution in [0.25, 0.3) is 0 Å². The van der Waals surface area contributed by atoms with Crippen LogP contribution in [0, 0.1) is 0 Å². The van der Waals surface area contributed by atoms with Gasteiger partial charge in [-0.15, -0.1) is 0 Å². The van der Waals surface area contributed by atoms with Crippen LogP contribution >= 0.6 is 31.9 Å². The molecule has 0 aliphatic heterocycles. The van der Waals surface area contributed by atoms with Gasteiger partial charge in [0.2, 0.25) is 0 Å². The van der Waals surface area contributed by atoms with Crippen molar-refractivity contribution in [3.8, 4) is 5.75 Å². The molecule has 1 unspecified atom stereocenters. The van der Waals surface area contributed by atoms with Crippen LogP contribution in [0.15, 0.2) is 22.7 Å². The summed E-state index contributed by atoms with van der Waals surface area (Å²) in [5.74, 6) is 0.925. The maximum Gasteiger partial charge on any atom is 0.133 e. The number of hydrogen-bond acceptors (Lipinski definition) is 1. The Balaban J connectivity index is 2.43. The molecule has 0 aliphatic rings. The van der Waals surface area contributed by atoms with E-state index in [-0.39, 0.29) is 0 Å². The highest BCUT2D eigenvalue weighted by atomic mass is 79.9. The van der Waals surface area contributed by atoms with E-state index < -0.39 is 0 Å². The van der Waals surface area contributed by atoms with Gasteiger partial charge in [-0.05, 0) is 47.0 Å². The van der Waals surface area contributed by atoms with Gasteiger partial charge in [0.25, 0.3) is 0 Å². The summed E-state index contributed by atoms with van der Waals surface area (Å²) in [6.07, 6.45) is 7.87. The lowest BCUT2D eigenvalue weighted by molar-refractivity contribution is 0.338. The minimum Gasteiger partial charge on any atom is -0.493 e. The Kier molecular flexibility index (Phi) is 8.80. The van der Waals surface area contributed by atoms with Crippen LogP contribution in [0.1, 0.15) is 62.8 Å². The van der Waals surface area contributed by atoms with Gasteiger partial charge in [-0.25, -0.2) is 0 Å². The van der Waals surface area contributed by atoms with Gasteiger partial charge >= 0.3 is 0 Å². The van der Waals surface area contributed by atoms with Crippen LogP contribution in [0.2, 0.25) is 0 Å². The average molecular weight is 392 g/mol. The van der Waals surface area contributed by atoms with E-state index in [1.165, 1.54) is 44.1 Å². The molecule has 1 atom stereocenters. The van der Waals surface area contributed by atoms with Crippen LogP contribution in [0.5, 0.6) is 5.75 Å². The van der Waals surface area contributed by atoms with E-state index in [2.05, 4.69) is 50.9 Å². The Labute approximate surface area is 134 Å². The number of alkyl halides is 1. The summed E-state index contributed by atoms with van der Waals surface area (Å²) in [6, 6.07) is 6.37. The number of hydrogen-bond donors (Lipinski definition) is 0. The topological polar surface area (TPSA) is 9.23 Å². The number of ether oxygens (including phenoxy) is 1. The zero-order valence-corrected chi connectivity index (χ0v) is 15.1. The molecule has 1 aromatic carbocycles. The van der Waals surface area contributed by atoms with Crippen molar-refractivity contribution in [2.45, 2.75) is 57.2 Å². The van der Waals surface area contributed by atoms with Crippen molar-refractivity contribution < 1.29 is 4.74 Å². The van der Waals surface area contributed by atoms with Crippen molar-refractivity contribution >= 4 is 31.9 Å². The van der Waals surface area contributed by atoms with Crippen LogP contribution in [-0.4, -0.2) is 6.61 Å². The first kappa shape index (κ1) is 17.0. The molecule has 0 N–H and O–H groups in total. The summed E-state index contributed by atoms with van der Waals surface area (Å²) < 4.78 is 6.58. The van der Waals surface area contributed by atoms with Gasteiger partial charge in [0.1, 0.15) is 5.75 Å². The molecule has 3 heteroatoms. The number of unbranched alkanes of at least 4 members (excludes halogenated alkanes) is 4. The summed E-state index contributed by atoms with van der Waals surface area (Å²) in [5, 5.41) is 0. The van der Waals surface area contributed by atoms with Crippen molar-refractivity contribution in [1.29, 1.82) is 0 Å². The first-order valence-electron chi connectivity index (χ1n) is 7.25. The zero-order chi connectivity index (χ0) is 14.1. The highest BCUT2D eigenvalue weighted by Gasteiger charge is 2.10. The number of halogens is 2. The summed E-state index contributed by atoms with van der Waals surface area (Å²) in [7, 11) is 0. The fourth-order valence-electron chi connectivity index (χ4n) is 2.08. The molecule has 0 radical (unpaired) electrons. The Morgan fingerprint density at radius 2 is 1.84 bits per heavy atom. The maximum atomic E-state index is 5.53. The second-order valence-corrected chi connectivity index (χ2v) is 6.75. The molecular weight excluding hydrogens is 368 g/mol. The molecular formula is C16H24Br2O. The maximum absolute atomic E-state index is 5.53. The minimum absolute atomic E-state index is 0.445. The van der Waals surface area contributed by atoms with Crippen molar-refractivity contribution in [2.24, 2.45) is 0 Å². The molecule has 0 bridgehead atoms. The molecule has 0 aromatic heterocycles. The van der Waals surface area contributed by atoms with Crippen molar-refractivity contribution in [3.05, 3.63) is 28.2 Å². The van der Waals surface area contributed by atoms with Crippen molar-refractivity contribution in [1.82, 2.24) is 0 Å². The second kappa shape index (κ2) is 9.82. The summed E-state index contributed by atoms with van der Waals surface area (Å²) in [5.41, 5.74) is 1.32. The Morgan fingerprint density at radius 1 is 1.11 bits per heavy atom. The summed E-state index contributed by atoms with van der Waals surface area (Å²) >= 11 is 7.36. The molecule has 19 heavy (non-hydrogen) atoms. The van der Waals surface area contributed by atoms with Gasteiger partial charge in [0.15, 0.2) is 0 Å². The molecule has 0 saturated carbocycles. The van der Waals surface area contributed by atoms with Crippen molar-refractivity contribution in [3.63, 3.8) is 0 Å². The van der Waals surface area contributed by atoms with Crippen LogP contribution in [0.3, 0.4) is 0 Å². The lowest BCUT2D eigenvalue weighted by Gasteiger charge is -2.13. The molecule has 0 saturated heterocycles. The second-order valence-electron chi connectivity index (χ2n) is 4.79. The predicted molar refractivity (Wildman–Crippen MR) is 90.4 cm³/mol. The molecule has 0 aliphatic carbocycles. The molecule has 1 aromatic rings. The van der Waals surface area contributed by atoms with E-state index in [0.717, 1.165) is 10.2 Å². The van der Waals surface area contributed by atoms with E-state index in [0.29, 0.717) is 11.4 Å². The van der Waals surface area contributed by atoms with Crippen LogP contribution in [-0.2, 0) is 0 Å². The highest BCUT2D eigenvalue weighted by Crippen LogP contribution is 2.34. The Bertz CT molecular complexity index is 366. The van der Waals surface area contributed by atoms with Gasteiger partial charge < -0.3 is 4.74 Å². The molecule has 0 fully saturated rings. The van der Waals surface area contributed by atoms with Crippen LogP contribution in [0.4, 0.5) is 0 Å². The molecule has 0 heterocycles. The summed E-state index contributed by atoms with van der Waals surface area (Å²) in [4.78, 5) is 0.445. The standard InChI is InChI=1S/C16H24Br2O/c1-3-5-6-7-8-9-14(17)13-10-11-16(19-4-2)15(18)12-13/h10-12,14H,3-9H2,1-2H3. The summed E-state index contributed by atoms with van der Waals surface area (Å²) in [6.45, 7) is 4.96. The molecule has 108 valence electrons. The molecule has 0 amide bonds. The Hall–Kier alpha value is -0.0200. The van der Waals surface area contributed by atoms with Gasteiger partial charge in [-0.1, -0.05) is 61.0 Å². The minimum atomic E-state index is 0.445. The van der Waals surface area contributed by atoms with E-state index in [9.17, 15) is 0 Å². The van der Waals surface area contributed by atoms with Crippen molar-refractivity contribution in [2.75, 3.05) is 6.61 Å². The fraction of sp³-hybridized carbons (Fsp3) is 0.625. The fourth-order valence-corrected chi connectivity index (χ4v) is 3.20. The van der Waals surface area contributed by atoms with E-state index in [4.69, 9.17) is 4.74 Å². The van der Waals surface area contributed by atoms with E-state index in [1.807, 2.05) is 13.0 Å². The predicted octanol–water partition coefficient (Wildman–Crippen LogP) is 6.64. The normalized spacial score (nSPS) is 12.4. The third kappa shape index (κ3) is 6.31.